The number of nitrogens with zero attached hydrogens (tertiary/aromatic N) is 3. The molecule has 0 saturated carbocycles. The average Bonchev–Trinajstić information content (AvgIpc) is 3.11. The van der Waals surface area contributed by atoms with Crippen molar-refractivity contribution >= 4 is 49.5 Å². The fraction of sp³-hybridized carbons (Fsp3) is 0.400. The molecule has 36 heavy (non-hydrogen) atoms. The van der Waals surface area contributed by atoms with E-state index >= 15 is 0 Å². The summed E-state index contributed by atoms with van der Waals surface area (Å²) >= 11 is 3.18. The zero-order valence-electron chi connectivity index (χ0n) is 21.5. The summed E-state index contributed by atoms with van der Waals surface area (Å²) in [7, 11) is 1.60. The van der Waals surface area contributed by atoms with E-state index in [0.717, 1.165) is 23.1 Å². The van der Waals surface area contributed by atoms with Gasteiger partial charge in [0.25, 0.3) is 5.91 Å². The van der Waals surface area contributed by atoms with E-state index in [4.69, 9.17) is 4.18 Å². The number of amidine groups is 1. The van der Waals surface area contributed by atoms with E-state index in [1.807, 2.05) is 50.7 Å². The van der Waals surface area contributed by atoms with Gasteiger partial charge in [-0.3, -0.25) is 9.59 Å². The molecular formula is C25H31BrN4O5S. The van der Waals surface area contributed by atoms with Crippen molar-refractivity contribution in [3.63, 3.8) is 0 Å². The number of fused-ring (bicyclic) bond motifs is 1. The highest BCUT2D eigenvalue weighted by Crippen LogP contribution is 2.34. The topological polar surface area (TPSA) is 108 Å². The molecule has 194 valence electrons. The lowest BCUT2D eigenvalue weighted by atomic mass is 9.85. The lowest BCUT2D eigenvalue weighted by Crippen LogP contribution is -2.31. The summed E-state index contributed by atoms with van der Waals surface area (Å²) in [5.74, 6) is 0.390. The van der Waals surface area contributed by atoms with E-state index in [-0.39, 0.29) is 24.0 Å². The van der Waals surface area contributed by atoms with Crippen molar-refractivity contribution in [3.05, 3.63) is 58.1 Å². The van der Waals surface area contributed by atoms with Crippen molar-refractivity contribution in [2.75, 3.05) is 38.8 Å². The number of rotatable bonds is 7. The number of nitrogens with one attached hydrogen (secondary N) is 1. The minimum Gasteiger partial charge on any atom is -0.382 e. The highest BCUT2D eigenvalue weighted by atomic mass is 79.9. The Morgan fingerprint density at radius 2 is 1.86 bits per heavy atom. The van der Waals surface area contributed by atoms with Gasteiger partial charge in [0.2, 0.25) is 0 Å². The number of ketones is 1. The van der Waals surface area contributed by atoms with E-state index < -0.39 is 15.5 Å². The number of hydrogen-bond acceptors (Lipinski definition) is 7. The van der Waals surface area contributed by atoms with Gasteiger partial charge in [-0.05, 0) is 41.3 Å². The molecule has 9 nitrogen and oxygen atoms in total. The normalized spacial score (nSPS) is 14.6. The number of benzene rings is 2. The first-order valence-corrected chi connectivity index (χ1v) is 13.8. The fourth-order valence-electron chi connectivity index (χ4n) is 4.13. The van der Waals surface area contributed by atoms with E-state index in [0.29, 0.717) is 29.1 Å². The number of anilines is 1. The summed E-state index contributed by atoms with van der Waals surface area (Å²) in [6.07, 6.45) is 0.988. The van der Waals surface area contributed by atoms with Gasteiger partial charge in [-0.1, -0.05) is 20.8 Å². The van der Waals surface area contributed by atoms with E-state index in [1.54, 1.807) is 25.2 Å². The molecule has 1 N–H and O–H groups in total. The van der Waals surface area contributed by atoms with Gasteiger partial charge in [0, 0.05) is 50.1 Å². The number of Topliss-reactive ketones (excluding diaryl/α,β-unsaturated/α-hetero) is 1. The molecule has 1 aliphatic heterocycles. The van der Waals surface area contributed by atoms with Gasteiger partial charge in [-0.25, -0.2) is 0 Å². The van der Waals surface area contributed by atoms with E-state index in [9.17, 15) is 18.0 Å². The van der Waals surface area contributed by atoms with Gasteiger partial charge in [-0.2, -0.15) is 12.4 Å². The zero-order valence-corrected chi connectivity index (χ0v) is 23.9. The quantitative estimate of drug-likeness (QED) is 0.395. The van der Waals surface area contributed by atoms with Crippen LogP contribution in [0.3, 0.4) is 0 Å². The summed E-state index contributed by atoms with van der Waals surface area (Å²) in [4.78, 5) is 29.6. The molecule has 11 heteroatoms. The fourth-order valence-corrected chi connectivity index (χ4v) is 5.01. The Kier molecular flexibility index (Phi) is 7.85. The van der Waals surface area contributed by atoms with Crippen molar-refractivity contribution in [1.29, 1.82) is 0 Å². The summed E-state index contributed by atoms with van der Waals surface area (Å²) < 4.78 is 32.8. The predicted octanol–water partition coefficient (Wildman–Crippen LogP) is 3.50. The van der Waals surface area contributed by atoms with Crippen LogP contribution in [0.2, 0.25) is 0 Å². The Morgan fingerprint density at radius 1 is 1.19 bits per heavy atom. The third-order valence-electron chi connectivity index (χ3n) is 5.84. The standard InChI is InChI=1S/C25H31BrN4O5S/c1-25(2,3)19-10-15(8-9-22(19)35-36(7,33)34)21(31)14-30-13-16-11-20(29(5)6)18(24(32)27-4)12-17(16)23(30)28-26/h8-12H,13-14H2,1-7H3,(H,27,32)/b28-23-. The molecule has 0 fully saturated rings. The molecule has 0 saturated heterocycles. The van der Waals surface area contributed by atoms with Crippen LogP contribution in [0.1, 0.15) is 58.2 Å². The summed E-state index contributed by atoms with van der Waals surface area (Å²) in [6.45, 7) is 6.25. The van der Waals surface area contributed by atoms with Crippen LogP contribution < -0.4 is 14.4 Å². The SMILES string of the molecule is CNC(=O)c1cc2c(cc1N(C)C)CN(CC(=O)c1ccc(OS(C)(=O)=O)c(C(C)(C)C)c1)/C2=N\Br. The first-order valence-electron chi connectivity index (χ1n) is 11.2. The molecular weight excluding hydrogens is 548 g/mol. The summed E-state index contributed by atoms with van der Waals surface area (Å²) in [5, 5.41) is 2.67. The molecule has 0 bridgehead atoms. The van der Waals surface area contributed by atoms with Crippen molar-refractivity contribution in [1.82, 2.24) is 10.2 Å². The number of halogens is 1. The van der Waals surface area contributed by atoms with Crippen LogP contribution in [0, 0.1) is 0 Å². The van der Waals surface area contributed by atoms with Gasteiger partial charge in [0.15, 0.2) is 5.78 Å². The molecule has 0 aromatic heterocycles. The van der Waals surface area contributed by atoms with Gasteiger partial charge < -0.3 is 19.3 Å². The van der Waals surface area contributed by atoms with Crippen LogP contribution in [-0.2, 0) is 22.1 Å². The van der Waals surface area contributed by atoms with Gasteiger partial charge in [-0.15, -0.1) is 0 Å². The third kappa shape index (κ3) is 5.89. The van der Waals surface area contributed by atoms with Gasteiger partial charge in [0.1, 0.15) is 11.6 Å². The summed E-state index contributed by atoms with van der Waals surface area (Å²) in [6, 6.07) is 8.51. The minimum absolute atomic E-state index is 0.0432. The smallest absolute Gasteiger partial charge is 0.306 e. The monoisotopic (exact) mass is 578 g/mol. The van der Waals surface area contributed by atoms with E-state index in [1.165, 1.54) is 6.07 Å². The van der Waals surface area contributed by atoms with Gasteiger partial charge in [0.05, 0.1) is 34.5 Å². The first kappa shape index (κ1) is 27.7. The highest BCUT2D eigenvalue weighted by Gasteiger charge is 2.31. The van der Waals surface area contributed by atoms with Crippen molar-refractivity contribution in [2.45, 2.75) is 32.7 Å². The van der Waals surface area contributed by atoms with Crippen LogP contribution in [0.15, 0.2) is 34.4 Å². The third-order valence-corrected chi connectivity index (χ3v) is 6.66. The maximum atomic E-state index is 13.3. The number of hydrogen-bond donors (Lipinski definition) is 1. The maximum absolute atomic E-state index is 13.3. The Labute approximate surface area is 221 Å². The van der Waals surface area contributed by atoms with Crippen LogP contribution in [0.5, 0.6) is 5.75 Å². The molecule has 1 heterocycles. The molecule has 2 aromatic carbocycles. The van der Waals surface area contributed by atoms with Gasteiger partial charge >= 0.3 is 10.1 Å². The molecule has 0 unspecified atom stereocenters. The first-order chi connectivity index (χ1) is 16.7. The van der Waals surface area contributed by atoms with Crippen molar-refractivity contribution in [3.8, 4) is 5.75 Å². The molecule has 0 aliphatic carbocycles. The minimum atomic E-state index is -3.72. The molecule has 0 spiro atoms. The molecule has 0 radical (unpaired) electrons. The molecule has 1 amide bonds. The number of carbonyl (C=O) groups is 2. The second-order valence-corrected chi connectivity index (χ2v) is 11.9. The summed E-state index contributed by atoms with van der Waals surface area (Å²) in [5.41, 5.74) is 3.60. The largest absolute Gasteiger partial charge is 0.382 e. The molecule has 2 aromatic rings. The number of amides is 1. The van der Waals surface area contributed by atoms with Crippen molar-refractivity contribution < 1.29 is 22.2 Å². The lowest BCUT2D eigenvalue weighted by Gasteiger charge is -2.23. The highest BCUT2D eigenvalue weighted by molar-refractivity contribution is 9.08. The van der Waals surface area contributed by atoms with Crippen molar-refractivity contribution in [2.24, 2.45) is 4.02 Å². The van der Waals surface area contributed by atoms with Crippen LogP contribution >= 0.6 is 16.1 Å². The predicted molar refractivity (Wildman–Crippen MR) is 145 cm³/mol. The molecule has 3 rings (SSSR count). The van der Waals surface area contributed by atoms with E-state index in [2.05, 4.69) is 25.5 Å². The maximum Gasteiger partial charge on any atom is 0.306 e. The Hall–Kier alpha value is -2.92. The zero-order chi connectivity index (χ0) is 27.0. The Morgan fingerprint density at radius 3 is 2.39 bits per heavy atom. The lowest BCUT2D eigenvalue weighted by molar-refractivity contribution is 0.0955. The van der Waals surface area contributed by atoms with Crippen LogP contribution in [0.25, 0.3) is 0 Å². The average molecular weight is 580 g/mol. The number of carbonyl (C=O) groups excluding carboxylic acids is 2. The van der Waals surface area contributed by atoms with Crippen LogP contribution in [0.4, 0.5) is 5.69 Å². The molecule has 1 aliphatic rings. The second-order valence-electron chi connectivity index (χ2n) is 9.94. The Bertz CT molecular complexity index is 1350. The molecule has 0 atom stereocenters. The Balaban J connectivity index is 1.95. The van der Waals surface area contributed by atoms with Crippen LogP contribution in [-0.4, -0.2) is 64.8 Å². The second kappa shape index (κ2) is 10.2.